The summed E-state index contributed by atoms with van der Waals surface area (Å²) in [6.07, 6.45) is 2.96. The number of nitrogens with one attached hydrogen (secondary N) is 2. The summed E-state index contributed by atoms with van der Waals surface area (Å²) in [5.74, 6) is 0. The molecule has 5 nitrogen and oxygen atoms in total. The van der Waals surface area contributed by atoms with E-state index in [1.807, 2.05) is 0 Å². The number of aromatic amines is 1. The third-order valence-electron chi connectivity index (χ3n) is 2.13. The second-order valence-corrected chi connectivity index (χ2v) is 3.62. The van der Waals surface area contributed by atoms with Crippen LogP contribution in [-0.4, -0.2) is 10.2 Å². The number of fused-ring (bicyclic) bond motifs is 1. The van der Waals surface area contributed by atoms with Crippen LogP contribution < -0.4 is 5.32 Å². The number of halogens is 1. The summed E-state index contributed by atoms with van der Waals surface area (Å²) in [4.78, 5) is 0. The summed E-state index contributed by atoms with van der Waals surface area (Å²) < 4.78 is 0. The van der Waals surface area contributed by atoms with E-state index < -0.39 is 0 Å². The van der Waals surface area contributed by atoms with E-state index in [1.54, 1.807) is 30.5 Å². The third kappa shape index (κ3) is 2.20. The highest BCUT2D eigenvalue weighted by molar-refractivity contribution is 6.35. The van der Waals surface area contributed by atoms with E-state index >= 15 is 0 Å². The van der Waals surface area contributed by atoms with Gasteiger partial charge in [-0.2, -0.15) is 15.6 Å². The molecule has 0 aliphatic carbocycles. The van der Waals surface area contributed by atoms with Gasteiger partial charge in [0.25, 0.3) is 0 Å². The summed E-state index contributed by atoms with van der Waals surface area (Å²) >= 11 is 6.04. The van der Waals surface area contributed by atoms with Gasteiger partial charge >= 0.3 is 0 Å². The van der Waals surface area contributed by atoms with Gasteiger partial charge in [-0.1, -0.05) is 11.6 Å². The Morgan fingerprint density at radius 1 is 1.41 bits per heavy atom. The number of hydrogen-bond donors (Lipinski definition) is 2. The van der Waals surface area contributed by atoms with Gasteiger partial charge in [-0.15, -0.1) is 0 Å². The minimum Gasteiger partial charge on any atom is -0.360 e. The van der Waals surface area contributed by atoms with Crippen molar-refractivity contribution in [3.05, 3.63) is 35.1 Å². The van der Waals surface area contributed by atoms with Gasteiger partial charge in [0, 0.05) is 17.3 Å². The minimum atomic E-state index is -0.00849. The standard InChI is InChI=1S/C11H6ClN5/c12-10-1-8(15-5-7(3-13)4-14)2-11-9(10)6-16-17-11/h1-2,5-6,15H,(H,16,17). The van der Waals surface area contributed by atoms with Crippen molar-refractivity contribution in [1.29, 1.82) is 10.5 Å². The average molecular weight is 244 g/mol. The van der Waals surface area contributed by atoms with Gasteiger partial charge in [-0.3, -0.25) is 5.10 Å². The summed E-state index contributed by atoms with van der Waals surface area (Å²) in [5.41, 5.74) is 1.45. The van der Waals surface area contributed by atoms with Crippen molar-refractivity contribution in [2.75, 3.05) is 5.32 Å². The van der Waals surface area contributed by atoms with Crippen molar-refractivity contribution in [2.24, 2.45) is 0 Å². The molecule has 1 aromatic heterocycles. The minimum absolute atomic E-state index is 0.00849. The van der Waals surface area contributed by atoms with Crippen LogP contribution in [0.5, 0.6) is 0 Å². The van der Waals surface area contributed by atoms with Gasteiger partial charge in [0.15, 0.2) is 0 Å². The second-order valence-electron chi connectivity index (χ2n) is 3.22. The highest BCUT2D eigenvalue weighted by Gasteiger charge is 2.03. The number of nitrogens with zero attached hydrogens (tertiary/aromatic N) is 3. The average Bonchev–Trinajstić information content (AvgIpc) is 2.79. The van der Waals surface area contributed by atoms with Crippen LogP contribution in [0.2, 0.25) is 5.02 Å². The lowest BCUT2D eigenvalue weighted by atomic mass is 10.2. The lowest BCUT2D eigenvalue weighted by Gasteiger charge is -2.02. The Bertz CT molecular complexity index is 655. The molecule has 0 aliphatic heterocycles. The molecule has 2 rings (SSSR count). The normalized spacial score (nSPS) is 9.35. The summed E-state index contributed by atoms with van der Waals surface area (Å²) in [6.45, 7) is 0. The molecule has 0 saturated carbocycles. The molecular formula is C11H6ClN5. The molecule has 0 radical (unpaired) electrons. The molecule has 0 amide bonds. The van der Waals surface area contributed by atoms with Crippen LogP contribution in [-0.2, 0) is 0 Å². The molecule has 2 N–H and O–H groups in total. The number of aromatic nitrogens is 2. The molecule has 0 saturated heterocycles. The Hall–Kier alpha value is -2.50. The fourth-order valence-electron chi connectivity index (χ4n) is 1.34. The maximum atomic E-state index is 8.57. The van der Waals surface area contributed by atoms with Crippen molar-refractivity contribution in [1.82, 2.24) is 10.2 Å². The maximum absolute atomic E-state index is 8.57. The van der Waals surface area contributed by atoms with Crippen LogP contribution in [0.3, 0.4) is 0 Å². The van der Waals surface area contributed by atoms with Crippen LogP contribution in [0.4, 0.5) is 5.69 Å². The van der Waals surface area contributed by atoms with Crippen LogP contribution in [0, 0.1) is 22.7 Å². The highest BCUT2D eigenvalue weighted by Crippen LogP contribution is 2.26. The molecule has 0 bridgehead atoms. The van der Waals surface area contributed by atoms with E-state index in [-0.39, 0.29) is 5.57 Å². The Morgan fingerprint density at radius 3 is 2.88 bits per heavy atom. The lowest BCUT2D eigenvalue weighted by Crippen LogP contribution is -1.90. The van der Waals surface area contributed by atoms with Crippen molar-refractivity contribution in [3.63, 3.8) is 0 Å². The zero-order valence-electron chi connectivity index (χ0n) is 8.53. The van der Waals surface area contributed by atoms with Crippen molar-refractivity contribution < 1.29 is 0 Å². The van der Waals surface area contributed by atoms with Gasteiger partial charge in [0.2, 0.25) is 0 Å². The molecule has 0 spiro atoms. The van der Waals surface area contributed by atoms with Gasteiger partial charge in [0.05, 0.1) is 16.7 Å². The Labute approximate surface area is 102 Å². The molecule has 0 atom stereocenters. The summed E-state index contributed by atoms with van der Waals surface area (Å²) in [6, 6.07) is 6.99. The van der Waals surface area contributed by atoms with Crippen molar-refractivity contribution >= 4 is 28.2 Å². The first kappa shape index (κ1) is 11.0. The number of hydrogen-bond acceptors (Lipinski definition) is 4. The SMILES string of the molecule is N#CC(C#N)=CNc1cc(Cl)c2cn[nH]c2c1. The fraction of sp³-hybridized carbons (Fsp3) is 0. The van der Waals surface area contributed by atoms with Crippen LogP contribution in [0.25, 0.3) is 10.9 Å². The molecule has 17 heavy (non-hydrogen) atoms. The molecule has 1 heterocycles. The Morgan fingerprint density at radius 2 is 2.18 bits per heavy atom. The van der Waals surface area contributed by atoms with E-state index in [1.165, 1.54) is 6.20 Å². The predicted octanol–water partition coefficient (Wildman–Crippen LogP) is 2.56. The number of anilines is 1. The third-order valence-corrected chi connectivity index (χ3v) is 2.44. The summed E-state index contributed by atoms with van der Waals surface area (Å²) in [7, 11) is 0. The van der Waals surface area contributed by atoms with Crippen LogP contribution in [0.1, 0.15) is 0 Å². The first-order chi connectivity index (χ1) is 8.24. The Kier molecular flexibility index (Phi) is 2.95. The lowest BCUT2D eigenvalue weighted by molar-refractivity contribution is 1.12. The molecule has 6 heteroatoms. The number of H-pyrrole nitrogens is 1. The first-order valence-electron chi connectivity index (χ1n) is 4.64. The number of rotatable bonds is 2. The van der Waals surface area contributed by atoms with Gasteiger partial charge in [-0.25, -0.2) is 0 Å². The number of benzene rings is 1. The van der Waals surface area contributed by atoms with Crippen LogP contribution in [0.15, 0.2) is 30.1 Å². The first-order valence-corrected chi connectivity index (χ1v) is 5.02. The van der Waals surface area contributed by atoms with Crippen molar-refractivity contribution in [3.8, 4) is 12.1 Å². The molecule has 0 unspecified atom stereocenters. The summed E-state index contributed by atoms with van der Waals surface area (Å²) in [5, 5.41) is 28.0. The maximum Gasteiger partial charge on any atom is 0.145 e. The van der Waals surface area contributed by atoms with E-state index in [2.05, 4.69) is 15.5 Å². The fourth-order valence-corrected chi connectivity index (χ4v) is 1.60. The van der Waals surface area contributed by atoms with Crippen molar-refractivity contribution in [2.45, 2.75) is 0 Å². The zero-order valence-corrected chi connectivity index (χ0v) is 9.28. The topological polar surface area (TPSA) is 88.3 Å². The van der Waals surface area contributed by atoms with E-state index in [9.17, 15) is 0 Å². The molecule has 82 valence electrons. The molecule has 2 aromatic rings. The quantitative estimate of drug-likeness (QED) is 0.794. The predicted molar refractivity (Wildman–Crippen MR) is 64.0 cm³/mol. The largest absolute Gasteiger partial charge is 0.360 e. The van der Waals surface area contributed by atoms with Gasteiger partial charge in [-0.05, 0) is 12.1 Å². The number of nitriles is 2. The van der Waals surface area contributed by atoms with E-state index in [4.69, 9.17) is 22.1 Å². The smallest absolute Gasteiger partial charge is 0.145 e. The van der Waals surface area contributed by atoms with Gasteiger partial charge in [0.1, 0.15) is 17.7 Å². The van der Waals surface area contributed by atoms with Crippen LogP contribution >= 0.6 is 11.6 Å². The monoisotopic (exact) mass is 243 g/mol. The molecule has 0 fully saturated rings. The van der Waals surface area contributed by atoms with E-state index in [0.717, 1.165) is 10.9 Å². The van der Waals surface area contributed by atoms with E-state index in [0.29, 0.717) is 10.7 Å². The highest BCUT2D eigenvalue weighted by atomic mass is 35.5. The molecular weight excluding hydrogens is 238 g/mol. The number of allylic oxidation sites excluding steroid dienone is 1. The zero-order chi connectivity index (χ0) is 12.3. The Balaban J connectivity index is 2.35. The molecule has 1 aromatic carbocycles. The molecule has 0 aliphatic rings. The van der Waals surface area contributed by atoms with Gasteiger partial charge < -0.3 is 5.32 Å². The second kappa shape index (κ2) is 4.56.